The topological polar surface area (TPSA) is 33.5 Å². The van der Waals surface area contributed by atoms with E-state index in [0.29, 0.717) is 15.7 Å². The molecule has 1 aliphatic heterocycles. The Hall–Kier alpha value is -0.420. The average molecular weight is 290 g/mol. The molecule has 1 amide bonds. The highest BCUT2D eigenvalue weighted by Gasteiger charge is 2.24. The summed E-state index contributed by atoms with van der Waals surface area (Å²) in [6.07, 6.45) is 0. The Balaban J connectivity index is 2.07. The van der Waals surface area contributed by atoms with Crippen LogP contribution in [0.15, 0.2) is 21.2 Å². The number of furan rings is 1. The minimum absolute atomic E-state index is 0.00662. The highest BCUT2D eigenvalue weighted by molar-refractivity contribution is 9.10. The van der Waals surface area contributed by atoms with Crippen molar-refractivity contribution in [3.63, 3.8) is 0 Å². The van der Waals surface area contributed by atoms with Gasteiger partial charge in [0.15, 0.2) is 10.4 Å². The van der Waals surface area contributed by atoms with E-state index in [1.54, 1.807) is 12.1 Å². The second-order valence-electron chi connectivity index (χ2n) is 3.54. The predicted octanol–water partition coefficient (Wildman–Crippen LogP) is 2.62. The molecule has 2 rings (SSSR count). The van der Waals surface area contributed by atoms with Gasteiger partial charge in [-0.1, -0.05) is 6.92 Å². The number of hydrogen-bond donors (Lipinski definition) is 0. The molecule has 1 atom stereocenters. The zero-order valence-corrected chi connectivity index (χ0v) is 10.8. The van der Waals surface area contributed by atoms with Crippen molar-refractivity contribution in [2.75, 3.05) is 18.8 Å². The number of carbonyl (C=O) groups is 1. The SMILES string of the molecule is CC1CN(C(=O)c2ccc(Br)o2)CCS1. The van der Waals surface area contributed by atoms with E-state index in [-0.39, 0.29) is 5.91 Å². The van der Waals surface area contributed by atoms with Crippen LogP contribution in [-0.2, 0) is 0 Å². The number of amides is 1. The van der Waals surface area contributed by atoms with E-state index in [1.807, 2.05) is 16.7 Å². The summed E-state index contributed by atoms with van der Waals surface area (Å²) in [6, 6.07) is 3.45. The first-order valence-electron chi connectivity index (χ1n) is 4.83. The van der Waals surface area contributed by atoms with Crippen molar-refractivity contribution in [3.05, 3.63) is 22.6 Å². The first-order chi connectivity index (χ1) is 7.16. The molecule has 0 aromatic carbocycles. The third-order valence-electron chi connectivity index (χ3n) is 2.31. The predicted molar refractivity (Wildman–Crippen MR) is 64.2 cm³/mol. The molecule has 2 heterocycles. The molecule has 0 saturated carbocycles. The number of halogens is 1. The van der Waals surface area contributed by atoms with Gasteiger partial charge in [0.05, 0.1) is 0 Å². The van der Waals surface area contributed by atoms with Gasteiger partial charge in [-0.25, -0.2) is 0 Å². The highest BCUT2D eigenvalue weighted by atomic mass is 79.9. The largest absolute Gasteiger partial charge is 0.444 e. The molecule has 0 aliphatic carbocycles. The third-order valence-corrected chi connectivity index (χ3v) is 3.87. The van der Waals surface area contributed by atoms with Crippen LogP contribution in [0.5, 0.6) is 0 Å². The molecule has 82 valence electrons. The Morgan fingerprint density at radius 1 is 1.67 bits per heavy atom. The van der Waals surface area contributed by atoms with Gasteiger partial charge in [0.1, 0.15) is 0 Å². The van der Waals surface area contributed by atoms with E-state index in [9.17, 15) is 4.79 Å². The molecule has 0 bridgehead atoms. The minimum Gasteiger partial charge on any atom is -0.444 e. The monoisotopic (exact) mass is 289 g/mol. The van der Waals surface area contributed by atoms with E-state index in [4.69, 9.17) is 4.42 Å². The van der Waals surface area contributed by atoms with Crippen LogP contribution in [0.4, 0.5) is 0 Å². The first kappa shape index (κ1) is 11.1. The van der Waals surface area contributed by atoms with Crippen molar-refractivity contribution in [2.24, 2.45) is 0 Å². The fourth-order valence-corrected chi connectivity index (χ4v) is 2.91. The molecule has 1 aromatic rings. The quantitative estimate of drug-likeness (QED) is 0.797. The van der Waals surface area contributed by atoms with Gasteiger partial charge in [0.2, 0.25) is 0 Å². The van der Waals surface area contributed by atoms with Gasteiger partial charge in [-0.05, 0) is 28.1 Å². The lowest BCUT2D eigenvalue weighted by molar-refractivity contribution is 0.0730. The van der Waals surface area contributed by atoms with Crippen LogP contribution >= 0.6 is 27.7 Å². The number of rotatable bonds is 1. The van der Waals surface area contributed by atoms with Gasteiger partial charge in [0, 0.05) is 24.1 Å². The lowest BCUT2D eigenvalue weighted by Gasteiger charge is -2.29. The molecule has 1 saturated heterocycles. The van der Waals surface area contributed by atoms with Gasteiger partial charge >= 0.3 is 0 Å². The smallest absolute Gasteiger partial charge is 0.289 e. The van der Waals surface area contributed by atoms with Crippen LogP contribution in [0.3, 0.4) is 0 Å². The van der Waals surface area contributed by atoms with E-state index in [2.05, 4.69) is 22.9 Å². The Kier molecular flexibility index (Phi) is 3.41. The summed E-state index contributed by atoms with van der Waals surface area (Å²) < 4.78 is 5.85. The number of carbonyl (C=O) groups excluding carboxylic acids is 1. The van der Waals surface area contributed by atoms with Crippen LogP contribution in [0.1, 0.15) is 17.5 Å². The summed E-state index contributed by atoms with van der Waals surface area (Å²) in [6.45, 7) is 3.76. The van der Waals surface area contributed by atoms with Crippen LogP contribution in [0, 0.1) is 0 Å². The lowest BCUT2D eigenvalue weighted by atomic mass is 10.3. The molecular formula is C10H12BrNO2S. The molecule has 1 unspecified atom stereocenters. The van der Waals surface area contributed by atoms with Gasteiger partial charge in [-0.2, -0.15) is 11.8 Å². The van der Waals surface area contributed by atoms with Crippen molar-refractivity contribution < 1.29 is 9.21 Å². The van der Waals surface area contributed by atoms with Crippen molar-refractivity contribution >= 4 is 33.6 Å². The van der Waals surface area contributed by atoms with Crippen molar-refractivity contribution in [1.82, 2.24) is 4.90 Å². The Labute approximate surface area is 101 Å². The Morgan fingerprint density at radius 3 is 3.07 bits per heavy atom. The number of hydrogen-bond acceptors (Lipinski definition) is 3. The standard InChI is InChI=1S/C10H12BrNO2S/c1-7-6-12(4-5-15-7)10(13)8-2-3-9(11)14-8/h2-3,7H,4-6H2,1H3. The summed E-state index contributed by atoms with van der Waals surface area (Å²) in [5.41, 5.74) is 0. The molecule has 1 fully saturated rings. The van der Waals surface area contributed by atoms with Gasteiger partial charge in [0.25, 0.3) is 5.91 Å². The molecule has 0 N–H and O–H groups in total. The zero-order chi connectivity index (χ0) is 10.8. The van der Waals surface area contributed by atoms with Gasteiger partial charge < -0.3 is 9.32 Å². The van der Waals surface area contributed by atoms with Crippen molar-refractivity contribution in [2.45, 2.75) is 12.2 Å². The van der Waals surface area contributed by atoms with E-state index < -0.39 is 0 Å². The Morgan fingerprint density at radius 2 is 2.47 bits per heavy atom. The molecule has 1 aliphatic rings. The third kappa shape index (κ3) is 2.58. The van der Waals surface area contributed by atoms with E-state index >= 15 is 0 Å². The number of thioether (sulfide) groups is 1. The average Bonchev–Trinajstić information content (AvgIpc) is 2.64. The van der Waals surface area contributed by atoms with E-state index in [0.717, 1.165) is 18.8 Å². The molecule has 3 nitrogen and oxygen atoms in total. The molecule has 0 spiro atoms. The maximum absolute atomic E-state index is 12.0. The fourth-order valence-electron chi connectivity index (χ4n) is 1.59. The number of nitrogens with zero attached hydrogens (tertiary/aromatic N) is 1. The maximum Gasteiger partial charge on any atom is 0.289 e. The molecular weight excluding hydrogens is 278 g/mol. The summed E-state index contributed by atoms with van der Waals surface area (Å²) in [7, 11) is 0. The Bertz CT molecular complexity index is 366. The van der Waals surface area contributed by atoms with Gasteiger partial charge in [-0.3, -0.25) is 4.79 Å². The van der Waals surface area contributed by atoms with Crippen molar-refractivity contribution in [1.29, 1.82) is 0 Å². The molecule has 1 aromatic heterocycles. The fraction of sp³-hybridized carbons (Fsp3) is 0.500. The molecule has 0 radical (unpaired) electrons. The maximum atomic E-state index is 12.0. The van der Waals surface area contributed by atoms with Crippen LogP contribution in [0.2, 0.25) is 0 Å². The summed E-state index contributed by atoms with van der Waals surface area (Å²) in [4.78, 5) is 13.8. The normalized spacial score (nSPS) is 21.7. The molecule has 5 heteroatoms. The minimum atomic E-state index is -0.00662. The first-order valence-corrected chi connectivity index (χ1v) is 6.67. The molecule has 15 heavy (non-hydrogen) atoms. The van der Waals surface area contributed by atoms with Gasteiger partial charge in [-0.15, -0.1) is 0 Å². The second-order valence-corrected chi connectivity index (χ2v) is 5.86. The summed E-state index contributed by atoms with van der Waals surface area (Å²) in [5.74, 6) is 1.42. The van der Waals surface area contributed by atoms with E-state index in [1.165, 1.54) is 0 Å². The van der Waals surface area contributed by atoms with Crippen molar-refractivity contribution in [3.8, 4) is 0 Å². The second kappa shape index (κ2) is 4.61. The van der Waals surface area contributed by atoms with Crippen LogP contribution < -0.4 is 0 Å². The zero-order valence-electron chi connectivity index (χ0n) is 8.40. The highest BCUT2D eigenvalue weighted by Crippen LogP contribution is 2.21. The van der Waals surface area contributed by atoms with Crippen LogP contribution in [-0.4, -0.2) is 34.9 Å². The van der Waals surface area contributed by atoms with Crippen LogP contribution in [0.25, 0.3) is 0 Å². The lowest BCUT2D eigenvalue weighted by Crippen LogP contribution is -2.40. The summed E-state index contributed by atoms with van der Waals surface area (Å²) in [5, 5.41) is 0.515. The summed E-state index contributed by atoms with van der Waals surface area (Å²) >= 11 is 5.10.